The van der Waals surface area contributed by atoms with E-state index in [-0.39, 0.29) is 81.2 Å². The van der Waals surface area contributed by atoms with Gasteiger partial charge in [-0.25, -0.2) is 14.8 Å². The summed E-state index contributed by atoms with van der Waals surface area (Å²) < 4.78 is 24.3. The molecule has 4 aromatic rings. The maximum absolute atomic E-state index is 13.9. The maximum atomic E-state index is 13.9. The van der Waals surface area contributed by atoms with E-state index in [1.54, 1.807) is 42.1 Å². The van der Waals surface area contributed by atoms with Gasteiger partial charge in [0.15, 0.2) is 21.9 Å². The highest BCUT2D eigenvalue weighted by atomic mass is 32.1. The van der Waals surface area contributed by atoms with Gasteiger partial charge in [0.1, 0.15) is 25.4 Å². The molecule has 0 radical (unpaired) electrons. The van der Waals surface area contributed by atoms with Gasteiger partial charge in [0.2, 0.25) is 30.4 Å². The molecule has 0 spiro atoms. The van der Waals surface area contributed by atoms with Crippen LogP contribution in [0.15, 0.2) is 41.5 Å². The van der Waals surface area contributed by atoms with Crippen molar-refractivity contribution in [1.82, 2.24) is 45.7 Å². The minimum absolute atomic E-state index is 0.0117. The number of pyridine rings is 2. The van der Waals surface area contributed by atoms with Crippen molar-refractivity contribution in [2.24, 2.45) is 5.92 Å². The number of rotatable bonds is 25. The highest BCUT2D eigenvalue weighted by Gasteiger charge is 2.45. The number of hydrogen-bond acceptors (Lipinski definition) is 15. The minimum atomic E-state index is -1.98. The van der Waals surface area contributed by atoms with E-state index in [0.29, 0.717) is 64.4 Å². The topological polar surface area (TPSA) is 257 Å². The fourth-order valence-corrected chi connectivity index (χ4v) is 9.45. The van der Waals surface area contributed by atoms with Crippen LogP contribution in [0.4, 0.5) is 0 Å². The van der Waals surface area contributed by atoms with Gasteiger partial charge in [-0.1, -0.05) is 58.6 Å². The molecule has 3 atom stereocenters. The Balaban J connectivity index is 0.950. The first-order valence-electron chi connectivity index (χ1n) is 25.7. The second-order valence-electron chi connectivity index (χ2n) is 19.1. The van der Waals surface area contributed by atoms with Crippen LogP contribution in [0, 0.1) is 22.5 Å². The third-order valence-electron chi connectivity index (χ3n) is 13.3. The summed E-state index contributed by atoms with van der Waals surface area (Å²) in [6, 6.07) is 3.37. The highest BCUT2D eigenvalue weighted by Crippen LogP contribution is 2.43. The van der Waals surface area contributed by atoms with Crippen LogP contribution in [0.5, 0.6) is 11.5 Å². The molecule has 21 heteroatoms. The first kappa shape index (κ1) is 55.8. The second-order valence-corrected chi connectivity index (χ2v) is 19.5. The quantitative estimate of drug-likeness (QED) is 0.0153. The van der Waals surface area contributed by atoms with Crippen LogP contribution < -0.4 is 36.3 Å². The maximum Gasteiger partial charge on any atom is 0.343 e. The van der Waals surface area contributed by atoms with E-state index in [1.165, 1.54) is 0 Å². The Morgan fingerprint density at radius 3 is 2.47 bits per heavy atom. The van der Waals surface area contributed by atoms with Gasteiger partial charge >= 0.3 is 5.97 Å². The number of cyclic esters (lactones) is 1. The van der Waals surface area contributed by atoms with Crippen LogP contribution in [0.1, 0.15) is 120 Å². The number of nitrogens with zero attached hydrogens (tertiary/aromatic N) is 4. The number of ether oxygens (including phenoxy) is 4. The zero-order chi connectivity index (χ0) is 53.6. The molecule has 0 saturated carbocycles. The van der Waals surface area contributed by atoms with E-state index in [4.69, 9.17) is 36.1 Å². The molecule has 7 rings (SSSR count). The largest absolute Gasteiger partial charge is 0.458 e. The van der Waals surface area contributed by atoms with Gasteiger partial charge < -0.3 is 59.8 Å². The normalized spacial score (nSPS) is 15.9. The van der Waals surface area contributed by atoms with Gasteiger partial charge in [0.25, 0.3) is 5.56 Å². The molecule has 6 N–H and O–H groups in total. The van der Waals surface area contributed by atoms with E-state index in [2.05, 4.69) is 61.8 Å². The van der Waals surface area contributed by atoms with Gasteiger partial charge in [-0.2, -0.15) is 0 Å². The van der Waals surface area contributed by atoms with E-state index >= 15 is 0 Å². The Kier molecular flexibility index (Phi) is 19.3. The summed E-state index contributed by atoms with van der Waals surface area (Å²) in [6.45, 7) is 11.8. The van der Waals surface area contributed by atoms with E-state index in [9.17, 15) is 33.9 Å². The summed E-state index contributed by atoms with van der Waals surface area (Å²) in [6.07, 6.45) is 11.7. The van der Waals surface area contributed by atoms with Gasteiger partial charge in [-0.05, 0) is 100 Å². The van der Waals surface area contributed by atoms with Gasteiger partial charge in [-0.3, -0.25) is 24.0 Å². The average Bonchev–Trinajstić information content (AvgIpc) is 4.02. The SMILES string of the molecule is CCCN(CCC)CCCC[C@H](NC(=O)[C@@H](NC(=O)CCCC#Cc1cnc(=S)[nH]c1)C(C)C)C(=O)NCC(=O)NCOC/C=C/c1c2c(nc3cc4c(cc13)OCO4)-c1cc3c(c(=O)n1C2)COC(=O)[C@]3(O)CC. The number of aromatic nitrogens is 4. The lowest BCUT2D eigenvalue weighted by molar-refractivity contribution is -0.172. The number of nitrogens with one attached hydrogen (secondary N) is 5. The van der Waals surface area contributed by atoms with Crippen molar-refractivity contribution in [1.29, 1.82) is 0 Å². The van der Waals surface area contributed by atoms with Gasteiger partial charge in [0, 0.05) is 47.8 Å². The highest BCUT2D eigenvalue weighted by molar-refractivity contribution is 7.71. The Bertz CT molecular complexity index is 2970. The fraction of sp³-hybridized carbons (Fsp3) is 0.500. The molecule has 0 bridgehead atoms. The number of esters is 1. The van der Waals surface area contributed by atoms with Crippen molar-refractivity contribution in [3.05, 3.63) is 79.6 Å². The van der Waals surface area contributed by atoms with Crippen LogP contribution in [0.25, 0.3) is 28.4 Å². The Hall–Kier alpha value is -6.99. The van der Waals surface area contributed by atoms with Crippen LogP contribution in [0.2, 0.25) is 0 Å². The molecule has 3 aliphatic heterocycles. The predicted molar refractivity (Wildman–Crippen MR) is 281 cm³/mol. The smallest absolute Gasteiger partial charge is 0.343 e. The Labute approximate surface area is 440 Å². The number of H-pyrrole nitrogens is 1. The summed E-state index contributed by atoms with van der Waals surface area (Å²) in [5, 5.41) is 23.1. The lowest BCUT2D eigenvalue weighted by Gasteiger charge is -2.31. The molecule has 3 aromatic heterocycles. The summed E-state index contributed by atoms with van der Waals surface area (Å²) in [7, 11) is 0. The van der Waals surface area contributed by atoms with Crippen molar-refractivity contribution in [3.8, 4) is 34.7 Å². The molecule has 6 heterocycles. The second kappa shape index (κ2) is 26.0. The van der Waals surface area contributed by atoms with Crippen molar-refractivity contribution >= 4 is 58.8 Å². The Morgan fingerprint density at radius 2 is 1.75 bits per heavy atom. The van der Waals surface area contributed by atoms with Gasteiger partial charge in [-0.15, -0.1) is 0 Å². The predicted octanol–water partition coefficient (Wildman–Crippen LogP) is 4.62. The first-order valence-corrected chi connectivity index (χ1v) is 26.1. The molecular weight excluding hydrogens is 983 g/mol. The molecule has 0 unspecified atom stereocenters. The van der Waals surface area contributed by atoms with E-state index < -0.39 is 41.4 Å². The lowest BCUT2D eigenvalue weighted by atomic mass is 9.86. The van der Waals surface area contributed by atoms with Crippen LogP contribution in [-0.4, -0.2) is 118 Å². The van der Waals surface area contributed by atoms with Crippen molar-refractivity contribution in [2.75, 3.05) is 46.3 Å². The molecule has 1 aromatic carbocycles. The fourth-order valence-electron chi connectivity index (χ4n) is 9.34. The summed E-state index contributed by atoms with van der Waals surface area (Å²) in [5.41, 5.74) is 1.71. The summed E-state index contributed by atoms with van der Waals surface area (Å²) in [5.74, 6) is 4.08. The van der Waals surface area contributed by atoms with Crippen LogP contribution in [-0.2, 0) is 52.2 Å². The number of fused-ring (bicyclic) bond motifs is 6. The number of unbranched alkanes of at least 4 members (excludes halogenated alkanes) is 2. The standard InChI is InChI=1S/C54H67N9O11S/c1-6-19-62(20-7-2)21-13-12-17-40(60-50(67)47(33(4)5)61-45(64)18-11-9-10-15-34-26-56-53(75)57-27-34)49(66)55-28-46(65)58-31-71-22-14-16-35-36-23-43-44(74-32-73-43)25-41(36)59-48-37(35)29-63-42(48)24-39-38(51(63)68)30-72-52(69)54(39,70)8-3/h14,16,23-27,33,40,47,70H,6-9,11-13,17-22,28-32H2,1-5H3,(H,55,66)(H,58,65)(H,60,67)(H,61,64)(H,56,57,75)/b16-14+/t40-,47-,54-/m0/s1. The molecule has 0 aliphatic carbocycles. The molecule has 75 heavy (non-hydrogen) atoms. The number of hydrogen-bond donors (Lipinski definition) is 6. The minimum Gasteiger partial charge on any atom is -0.458 e. The first-order chi connectivity index (χ1) is 36.1. The van der Waals surface area contributed by atoms with Crippen molar-refractivity contribution < 1.29 is 48.0 Å². The molecule has 4 amide bonds. The van der Waals surface area contributed by atoms with Crippen molar-refractivity contribution in [3.63, 3.8) is 0 Å². The summed E-state index contributed by atoms with van der Waals surface area (Å²) >= 11 is 4.96. The molecule has 3 aliphatic rings. The molecule has 0 fully saturated rings. The average molecular weight is 1050 g/mol. The summed E-state index contributed by atoms with van der Waals surface area (Å²) in [4.78, 5) is 94.4. The number of carbonyl (C=O) groups excluding carboxylic acids is 5. The molecule has 20 nitrogen and oxygen atoms in total. The van der Waals surface area contributed by atoms with Crippen LogP contribution in [0.3, 0.4) is 0 Å². The van der Waals surface area contributed by atoms with Gasteiger partial charge in [0.05, 0.1) is 47.7 Å². The monoisotopic (exact) mass is 1050 g/mol. The third-order valence-corrected chi connectivity index (χ3v) is 13.5. The zero-order valence-corrected chi connectivity index (χ0v) is 44.0. The number of amides is 4. The number of aliphatic hydroxyl groups is 1. The number of carbonyl (C=O) groups is 5. The van der Waals surface area contributed by atoms with Crippen molar-refractivity contribution in [2.45, 2.75) is 123 Å². The number of aromatic amines is 1. The zero-order valence-electron chi connectivity index (χ0n) is 43.2. The van der Waals surface area contributed by atoms with E-state index in [1.807, 2.05) is 26.0 Å². The van der Waals surface area contributed by atoms with Crippen LogP contribution >= 0.6 is 12.2 Å². The molecular formula is C54H67N9O11S. The number of benzene rings is 1. The lowest BCUT2D eigenvalue weighted by Crippen LogP contribution is -2.56. The third kappa shape index (κ3) is 13.7. The Morgan fingerprint density at radius 1 is 0.973 bits per heavy atom. The molecule has 0 saturated heterocycles. The van der Waals surface area contributed by atoms with E-state index in [0.717, 1.165) is 55.4 Å². The molecule has 400 valence electrons.